The summed E-state index contributed by atoms with van der Waals surface area (Å²) in [5, 5.41) is 3.28. The Morgan fingerprint density at radius 3 is 2.11 bits per heavy atom. The van der Waals surface area contributed by atoms with Gasteiger partial charge in [0.1, 0.15) is 0 Å². The summed E-state index contributed by atoms with van der Waals surface area (Å²) < 4.78 is 28.3. The lowest BCUT2D eigenvalue weighted by Crippen LogP contribution is -2.47. The zero-order valence-electron chi connectivity index (χ0n) is 13.4. The van der Waals surface area contributed by atoms with E-state index in [9.17, 15) is 8.42 Å². The van der Waals surface area contributed by atoms with Crippen molar-refractivity contribution in [3.05, 3.63) is 0 Å². The Balaban J connectivity index is 4.26. The highest BCUT2D eigenvalue weighted by Gasteiger charge is 2.26. The van der Waals surface area contributed by atoms with Crippen LogP contribution in [0.1, 0.15) is 48.0 Å². The van der Waals surface area contributed by atoms with Crippen LogP contribution in [0.15, 0.2) is 0 Å². The Kier molecular flexibility index (Phi) is 7.50. The standard InChI is InChI=1S/C13H31N3O2S/c1-11(2)14-9-8-10-16(7)19(17,18)15-12(3)13(4,5)6/h11-12,14-15H,8-10H2,1-7H3. The first kappa shape index (κ1) is 18.8. The molecule has 0 spiro atoms. The van der Waals surface area contributed by atoms with Gasteiger partial charge in [-0.1, -0.05) is 34.6 Å². The molecule has 6 heteroatoms. The topological polar surface area (TPSA) is 61.4 Å². The van der Waals surface area contributed by atoms with Gasteiger partial charge >= 0.3 is 0 Å². The molecule has 0 heterocycles. The summed E-state index contributed by atoms with van der Waals surface area (Å²) in [5.41, 5.74) is -0.0902. The molecular weight excluding hydrogens is 262 g/mol. The average molecular weight is 293 g/mol. The van der Waals surface area contributed by atoms with E-state index in [4.69, 9.17) is 0 Å². The first-order chi connectivity index (χ1) is 8.47. The number of nitrogens with one attached hydrogen (secondary N) is 2. The molecule has 2 N–H and O–H groups in total. The highest BCUT2D eigenvalue weighted by atomic mass is 32.2. The molecule has 0 aromatic rings. The largest absolute Gasteiger partial charge is 0.314 e. The van der Waals surface area contributed by atoms with Crippen molar-refractivity contribution >= 4 is 10.2 Å². The second-order valence-electron chi connectivity index (χ2n) is 6.49. The van der Waals surface area contributed by atoms with E-state index in [0.29, 0.717) is 12.6 Å². The SMILES string of the molecule is CC(C)NCCCN(C)S(=O)(=O)NC(C)C(C)(C)C. The third kappa shape index (κ3) is 7.87. The molecule has 5 nitrogen and oxygen atoms in total. The van der Waals surface area contributed by atoms with Crippen LogP contribution in [0.2, 0.25) is 0 Å². The second-order valence-corrected chi connectivity index (χ2v) is 8.30. The zero-order valence-corrected chi connectivity index (χ0v) is 14.3. The van der Waals surface area contributed by atoms with E-state index >= 15 is 0 Å². The Hall–Kier alpha value is -0.170. The molecule has 0 aliphatic carbocycles. The van der Waals surface area contributed by atoms with Crippen LogP contribution < -0.4 is 10.0 Å². The van der Waals surface area contributed by atoms with Crippen molar-refractivity contribution in [1.29, 1.82) is 0 Å². The third-order valence-electron chi connectivity index (χ3n) is 3.24. The van der Waals surface area contributed by atoms with E-state index in [1.165, 1.54) is 4.31 Å². The lowest BCUT2D eigenvalue weighted by Gasteiger charge is -2.29. The van der Waals surface area contributed by atoms with Gasteiger partial charge in [0.25, 0.3) is 10.2 Å². The van der Waals surface area contributed by atoms with Crippen LogP contribution in [0.25, 0.3) is 0 Å². The molecule has 19 heavy (non-hydrogen) atoms. The van der Waals surface area contributed by atoms with Crippen LogP contribution >= 0.6 is 0 Å². The molecule has 0 saturated heterocycles. The van der Waals surface area contributed by atoms with Gasteiger partial charge in [0.15, 0.2) is 0 Å². The molecule has 116 valence electrons. The lowest BCUT2D eigenvalue weighted by molar-refractivity contribution is 0.310. The van der Waals surface area contributed by atoms with Crippen LogP contribution in [0, 0.1) is 5.41 Å². The molecule has 0 aliphatic heterocycles. The molecule has 0 radical (unpaired) electrons. The van der Waals surface area contributed by atoms with Gasteiger partial charge in [0.2, 0.25) is 0 Å². The first-order valence-corrected chi connectivity index (χ1v) is 8.38. The highest BCUT2D eigenvalue weighted by Crippen LogP contribution is 2.19. The molecule has 0 bridgehead atoms. The molecule has 0 aliphatic rings. The minimum Gasteiger partial charge on any atom is -0.314 e. The Morgan fingerprint density at radius 2 is 1.68 bits per heavy atom. The van der Waals surface area contributed by atoms with Crippen LogP contribution in [0.3, 0.4) is 0 Å². The summed E-state index contributed by atoms with van der Waals surface area (Å²) in [6.45, 7) is 13.5. The van der Waals surface area contributed by atoms with Gasteiger partial charge < -0.3 is 5.32 Å². The molecule has 0 saturated carbocycles. The van der Waals surface area contributed by atoms with Gasteiger partial charge in [-0.15, -0.1) is 0 Å². The average Bonchev–Trinajstić information content (AvgIpc) is 2.21. The fourth-order valence-electron chi connectivity index (χ4n) is 1.30. The van der Waals surface area contributed by atoms with Gasteiger partial charge in [0.05, 0.1) is 0 Å². The molecule has 0 amide bonds. The first-order valence-electron chi connectivity index (χ1n) is 6.94. The van der Waals surface area contributed by atoms with E-state index in [1.54, 1.807) is 7.05 Å². The maximum absolute atomic E-state index is 12.1. The quantitative estimate of drug-likeness (QED) is 0.668. The van der Waals surface area contributed by atoms with Gasteiger partial charge in [-0.3, -0.25) is 0 Å². The van der Waals surface area contributed by atoms with Crippen molar-refractivity contribution in [2.24, 2.45) is 5.41 Å². The van der Waals surface area contributed by atoms with Crippen LogP contribution in [-0.4, -0.2) is 44.9 Å². The highest BCUT2D eigenvalue weighted by molar-refractivity contribution is 7.87. The maximum Gasteiger partial charge on any atom is 0.279 e. The Morgan fingerprint density at radius 1 is 1.16 bits per heavy atom. The van der Waals surface area contributed by atoms with Crippen molar-refractivity contribution in [3.8, 4) is 0 Å². The normalized spacial score (nSPS) is 15.2. The van der Waals surface area contributed by atoms with Crippen molar-refractivity contribution in [2.75, 3.05) is 20.1 Å². The van der Waals surface area contributed by atoms with Crippen molar-refractivity contribution in [1.82, 2.24) is 14.3 Å². The number of rotatable bonds is 8. The van der Waals surface area contributed by atoms with Gasteiger partial charge in [-0.05, 0) is 25.3 Å². The van der Waals surface area contributed by atoms with Crippen molar-refractivity contribution in [2.45, 2.75) is 60.0 Å². The smallest absolute Gasteiger partial charge is 0.279 e. The number of hydrogen-bond acceptors (Lipinski definition) is 3. The molecular formula is C13H31N3O2S. The minimum absolute atomic E-state index is 0.0902. The monoisotopic (exact) mass is 293 g/mol. The van der Waals surface area contributed by atoms with E-state index in [1.807, 2.05) is 27.7 Å². The summed E-state index contributed by atoms with van der Waals surface area (Å²) in [6, 6.07) is 0.328. The van der Waals surface area contributed by atoms with Crippen LogP contribution in [0.5, 0.6) is 0 Å². The minimum atomic E-state index is -3.39. The van der Waals surface area contributed by atoms with Crippen molar-refractivity contribution in [3.63, 3.8) is 0 Å². The predicted octanol–water partition coefficient (Wildman–Crippen LogP) is 1.58. The van der Waals surface area contributed by atoms with E-state index in [-0.39, 0.29) is 11.5 Å². The fourth-order valence-corrected chi connectivity index (χ4v) is 2.65. The molecule has 1 unspecified atom stereocenters. The van der Waals surface area contributed by atoms with E-state index in [0.717, 1.165) is 13.0 Å². The lowest BCUT2D eigenvalue weighted by atomic mass is 9.89. The summed E-state index contributed by atoms with van der Waals surface area (Å²) in [6.07, 6.45) is 0.805. The number of nitrogens with zero attached hydrogens (tertiary/aromatic N) is 1. The third-order valence-corrected chi connectivity index (χ3v) is 4.89. The summed E-state index contributed by atoms with van der Waals surface area (Å²) in [4.78, 5) is 0. The summed E-state index contributed by atoms with van der Waals surface area (Å²) in [7, 11) is -1.77. The Labute approximate surface area is 119 Å². The molecule has 0 fully saturated rings. The Bertz CT molecular complexity index is 347. The molecule has 1 atom stereocenters. The molecule has 0 aromatic heterocycles. The van der Waals surface area contributed by atoms with E-state index < -0.39 is 10.2 Å². The van der Waals surface area contributed by atoms with Crippen LogP contribution in [0.4, 0.5) is 0 Å². The number of hydrogen-bond donors (Lipinski definition) is 2. The predicted molar refractivity (Wildman–Crippen MR) is 81.4 cm³/mol. The van der Waals surface area contributed by atoms with Crippen molar-refractivity contribution < 1.29 is 8.42 Å². The van der Waals surface area contributed by atoms with E-state index in [2.05, 4.69) is 23.9 Å². The summed E-state index contributed by atoms with van der Waals surface area (Å²) >= 11 is 0. The summed E-state index contributed by atoms with van der Waals surface area (Å²) in [5.74, 6) is 0. The van der Waals surface area contributed by atoms with Gasteiger partial charge in [-0.2, -0.15) is 17.4 Å². The molecule has 0 aromatic carbocycles. The maximum atomic E-state index is 12.1. The van der Waals surface area contributed by atoms with Gasteiger partial charge in [-0.25, -0.2) is 0 Å². The fraction of sp³-hybridized carbons (Fsp3) is 1.00. The zero-order chi connectivity index (χ0) is 15.3. The molecule has 0 rings (SSSR count). The van der Waals surface area contributed by atoms with Gasteiger partial charge in [0, 0.05) is 25.7 Å². The van der Waals surface area contributed by atoms with Crippen LogP contribution in [-0.2, 0) is 10.2 Å². The second kappa shape index (κ2) is 7.57.